The minimum atomic E-state index is -3.36. The molecule has 2 aliphatic heterocycles. The van der Waals surface area contributed by atoms with Gasteiger partial charge in [-0.25, -0.2) is 4.39 Å². The molecular weight excluding hydrogens is 411 g/mol. The standard InChI is InChI=1S/C16H24BrFN4O2S/c1-19-4-8-21(9-5-19)25(23,24)22-10-6-20(7-11-22)13-14-2-3-15(18)12-16(14)17/h2-3,12H,4-11,13H2,1H3. The molecule has 0 aliphatic carbocycles. The fraction of sp³-hybridized carbons (Fsp3) is 0.625. The first-order valence-corrected chi connectivity index (χ1v) is 10.7. The maximum absolute atomic E-state index is 13.2. The Bertz CT molecular complexity index is 702. The fourth-order valence-corrected chi connectivity index (χ4v) is 5.24. The van der Waals surface area contributed by atoms with Crippen molar-refractivity contribution in [3.05, 3.63) is 34.1 Å². The monoisotopic (exact) mass is 434 g/mol. The lowest BCUT2D eigenvalue weighted by Gasteiger charge is -2.39. The second-order valence-corrected chi connectivity index (χ2v) is 9.40. The van der Waals surface area contributed by atoms with Crippen molar-refractivity contribution in [3.8, 4) is 0 Å². The third kappa shape index (κ3) is 4.58. The van der Waals surface area contributed by atoms with Crippen LogP contribution >= 0.6 is 15.9 Å². The van der Waals surface area contributed by atoms with Crippen LogP contribution in [0.25, 0.3) is 0 Å². The Labute approximate surface area is 157 Å². The van der Waals surface area contributed by atoms with E-state index < -0.39 is 10.2 Å². The number of hydrogen-bond acceptors (Lipinski definition) is 4. The van der Waals surface area contributed by atoms with Gasteiger partial charge in [-0.1, -0.05) is 22.0 Å². The van der Waals surface area contributed by atoms with Crippen molar-refractivity contribution in [2.24, 2.45) is 0 Å². The summed E-state index contributed by atoms with van der Waals surface area (Å²) in [5.41, 5.74) is 1.01. The first kappa shape index (κ1) is 19.2. The molecule has 0 aromatic heterocycles. The van der Waals surface area contributed by atoms with Crippen molar-refractivity contribution < 1.29 is 12.8 Å². The normalized spacial score (nSPS) is 22.4. The molecule has 2 saturated heterocycles. The molecule has 0 atom stereocenters. The number of nitrogens with zero attached hydrogens (tertiary/aromatic N) is 4. The number of piperazine rings is 2. The van der Waals surface area contributed by atoms with Crippen LogP contribution in [-0.2, 0) is 16.8 Å². The van der Waals surface area contributed by atoms with Gasteiger partial charge in [0.25, 0.3) is 10.2 Å². The Morgan fingerprint density at radius 1 is 1.00 bits per heavy atom. The van der Waals surface area contributed by atoms with E-state index in [-0.39, 0.29) is 5.82 Å². The number of likely N-dealkylation sites (N-methyl/N-ethyl adjacent to an activating group) is 1. The first-order chi connectivity index (χ1) is 11.9. The van der Waals surface area contributed by atoms with Gasteiger partial charge in [0.05, 0.1) is 0 Å². The van der Waals surface area contributed by atoms with Gasteiger partial charge in [-0.3, -0.25) is 4.90 Å². The molecule has 2 aliphatic rings. The fourth-order valence-electron chi connectivity index (χ4n) is 3.19. The summed E-state index contributed by atoms with van der Waals surface area (Å²) in [4.78, 5) is 4.35. The van der Waals surface area contributed by atoms with Gasteiger partial charge in [-0.05, 0) is 24.7 Å². The molecule has 0 N–H and O–H groups in total. The number of benzene rings is 1. The predicted molar refractivity (Wildman–Crippen MR) is 98.9 cm³/mol. The van der Waals surface area contributed by atoms with E-state index in [9.17, 15) is 12.8 Å². The van der Waals surface area contributed by atoms with Gasteiger partial charge >= 0.3 is 0 Å². The third-order valence-electron chi connectivity index (χ3n) is 4.86. The number of hydrogen-bond donors (Lipinski definition) is 0. The van der Waals surface area contributed by atoms with Crippen LogP contribution in [0.1, 0.15) is 5.56 Å². The highest BCUT2D eigenvalue weighted by Gasteiger charge is 2.33. The van der Waals surface area contributed by atoms with Crippen molar-refractivity contribution in [1.82, 2.24) is 18.4 Å². The van der Waals surface area contributed by atoms with E-state index in [1.165, 1.54) is 12.1 Å². The van der Waals surface area contributed by atoms with E-state index >= 15 is 0 Å². The summed E-state index contributed by atoms with van der Waals surface area (Å²) >= 11 is 3.39. The Morgan fingerprint density at radius 2 is 1.56 bits per heavy atom. The third-order valence-corrected chi connectivity index (χ3v) is 7.63. The molecule has 0 amide bonds. The van der Waals surface area contributed by atoms with E-state index in [1.807, 2.05) is 7.05 Å². The summed E-state index contributed by atoms with van der Waals surface area (Å²) in [5, 5.41) is 0. The van der Waals surface area contributed by atoms with Crippen molar-refractivity contribution in [1.29, 1.82) is 0 Å². The van der Waals surface area contributed by atoms with Crippen LogP contribution in [0.4, 0.5) is 4.39 Å². The molecule has 0 spiro atoms. The summed E-state index contributed by atoms with van der Waals surface area (Å²) in [6.07, 6.45) is 0. The topological polar surface area (TPSA) is 47.1 Å². The molecule has 9 heteroatoms. The molecule has 0 unspecified atom stereocenters. The zero-order chi connectivity index (χ0) is 18.0. The van der Waals surface area contributed by atoms with Crippen LogP contribution in [0, 0.1) is 5.82 Å². The molecule has 6 nitrogen and oxygen atoms in total. The molecule has 3 rings (SSSR count). The lowest BCUT2D eigenvalue weighted by atomic mass is 10.2. The average Bonchev–Trinajstić information content (AvgIpc) is 2.58. The Balaban J connectivity index is 1.56. The Kier molecular flexibility index (Phi) is 6.12. The van der Waals surface area contributed by atoms with Gasteiger partial charge in [0, 0.05) is 63.4 Å². The highest BCUT2D eigenvalue weighted by Crippen LogP contribution is 2.21. The zero-order valence-corrected chi connectivity index (χ0v) is 16.8. The summed E-state index contributed by atoms with van der Waals surface area (Å²) in [6, 6.07) is 4.68. The SMILES string of the molecule is CN1CCN(S(=O)(=O)N2CCN(Cc3ccc(F)cc3Br)CC2)CC1. The van der Waals surface area contributed by atoms with Crippen LogP contribution in [0.2, 0.25) is 0 Å². The van der Waals surface area contributed by atoms with Crippen LogP contribution in [0.3, 0.4) is 0 Å². The Hall–Kier alpha value is -0.580. The molecule has 1 aromatic rings. The van der Waals surface area contributed by atoms with Crippen molar-refractivity contribution in [2.45, 2.75) is 6.54 Å². The first-order valence-electron chi connectivity index (χ1n) is 8.46. The van der Waals surface area contributed by atoms with Gasteiger partial charge in [-0.2, -0.15) is 17.0 Å². The summed E-state index contributed by atoms with van der Waals surface area (Å²) in [6.45, 7) is 5.69. The van der Waals surface area contributed by atoms with Crippen LogP contribution < -0.4 is 0 Å². The lowest BCUT2D eigenvalue weighted by Crippen LogP contribution is -2.56. The second-order valence-electron chi connectivity index (χ2n) is 6.62. The van der Waals surface area contributed by atoms with E-state index in [2.05, 4.69) is 25.7 Å². The van der Waals surface area contributed by atoms with Crippen molar-refractivity contribution in [2.75, 3.05) is 59.4 Å². The van der Waals surface area contributed by atoms with Crippen LogP contribution in [-0.4, -0.2) is 86.2 Å². The molecule has 25 heavy (non-hydrogen) atoms. The predicted octanol–water partition coefficient (Wildman–Crippen LogP) is 1.20. The molecule has 2 heterocycles. The Morgan fingerprint density at radius 3 is 2.12 bits per heavy atom. The second kappa shape index (κ2) is 7.98. The van der Waals surface area contributed by atoms with Gasteiger partial charge in [0.1, 0.15) is 5.82 Å². The summed E-state index contributed by atoms with van der Waals surface area (Å²) < 4.78 is 42.7. The van der Waals surface area contributed by atoms with Gasteiger partial charge in [0.2, 0.25) is 0 Å². The number of rotatable bonds is 4. The quantitative estimate of drug-likeness (QED) is 0.714. The van der Waals surface area contributed by atoms with Crippen molar-refractivity contribution in [3.63, 3.8) is 0 Å². The van der Waals surface area contributed by atoms with Gasteiger partial charge in [-0.15, -0.1) is 0 Å². The summed E-state index contributed by atoms with van der Waals surface area (Å²) in [5.74, 6) is -0.265. The largest absolute Gasteiger partial charge is 0.304 e. The maximum atomic E-state index is 13.2. The number of halogens is 2. The average molecular weight is 435 g/mol. The van der Waals surface area contributed by atoms with E-state index in [4.69, 9.17) is 0 Å². The smallest absolute Gasteiger partial charge is 0.282 e. The minimum absolute atomic E-state index is 0.265. The molecule has 0 radical (unpaired) electrons. The minimum Gasteiger partial charge on any atom is -0.304 e. The molecule has 140 valence electrons. The van der Waals surface area contributed by atoms with Crippen LogP contribution in [0.15, 0.2) is 22.7 Å². The highest BCUT2D eigenvalue weighted by atomic mass is 79.9. The molecule has 2 fully saturated rings. The van der Waals surface area contributed by atoms with Crippen LogP contribution in [0.5, 0.6) is 0 Å². The van der Waals surface area contributed by atoms with Crippen molar-refractivity contribution >= 4 is 26.1 Å². The lowest BCUT2D eigenvalue weighted by molar-refractivity contribution is 0.164. The van der Waals surface area contributed by atoms with E-state index in [1.54, 1.807) is 14.7 Å². The van der Waals surface area contributed by atoms with E-state index in [0.29, 0.717) is 45.8 Å². The summed E-state index contributed by atoms with van der Waals surface area (Å²) in [7, 11) is -1.35. The molecule has 0 saturated carbocycles. The molecule has 1 aromatic carbocycles. The highest BCUT2D eigenvalue weighted by molar-refractivity contribution is 9.10. The van der Waals surface area contributed by atoms with Gasteiger partial charge in [0.15, 0.2) is 0 Å². The van der Waals surface area contributed by atoms with Gasteiger partial charge < -0.3 is 4.90 Å². The maximum Gasteiger partial charge on any atom is 0.282 e. The zero-order valence-electron chi connectivity index (χ0n) is 14.4. The van der Waals surface area contributed by atoms with E-state index in [0.717, 1.165) is 23.1 Å². The molecular formula is C16H24BrFN4O2S. The molecule has 0 bridgehead atoms.